The van der Waals surface area contributed by atoms with E-state index in [-0.39, 0.29) is 0 Å². The average molecular weight is 166 g/mol. The molecule has 66 valence electrons. The summed E-state index contributed by atoms with van der Waals surface area (Å²) in [5.74, 6) is 0.856. The van der Waals surface area contributed by atoms with Crippen molar-refractivity contribution in [2.45, 2.75) is 31.7 Å². The topological polar surface area (TPSA) is 27.1 Å². The zero-order chi connectivity index (χ0) is 8.60. The van der Waals surface area contributed by atoms with Crippen molar-refractivity contribution in [3.8, 4) is 5.75 Å². The Hall–Kier alpha value is -0.990. The highest BCUT2D eigenvalue weighted by atomic mass is 16.5. The van der Waals surface area contributed by atoms with Crippen LogP contribution in [0.3, 0.4) is 0 Å². The van der Waals surface area contributed by atoms with Crippen LogP contribution in [0.4, 0.5) is 0 Å². The highest BCUT2D eigenvalue weighted by Crippen LogP contribution is 2.46. The molecule has 0 unspecified atom stereocenters. The van der Waals surface area contributed by atoms with Gasteiger partial charge in [-0.25, -0.2) is 0 Å². The maximum Gasteiger partial charge on any atom is 0.156 e. The molecule has 1 aromatic heterocycles. The van der Waals surface area contributed by atoms with Gasteiger partial charge in [-0.2, -0.15) is 5.10 Å². The van der Waals surface area contributed by atoms with Crippen LogP contribution in [-0.2, 0) is 5.54 Å². The second kappa shape index (κ2) is 2.51. The molecule has 3 nitrogen and oxygen atoms in total. The Bertz CT molecular complexity index is 276. The number of hydrogen-bond acceptors (Lipinski definition) is 2. The normalized spacial score (nSPS) is 19.2. The summed E-state index contributed by atoms with van der Waals surface area (Å²) in [4.78, 5) is 0. The minimum Gasteiger partial charge on any atom is -0.493 e. The Labute approximate surface area is 72.3 Å². The molecule has 3 heteroatoms. The first kappa shape index (κ1) is 7.65. The fourth-order valence-corrected chi connectivity index (χ4v) is 1.56. The van der Waals surface area contributed by atoms with Crippen molar-refractivity contribution >= 4 is 0 Å². The van der Waals surface area contributed by atoms with Crippen LogP contribution in [0, 0.1) is 0 Å². The van der Waals surface area contributed by atoms with Crippen LogP contribution in [0.5, 0.6) is 5.75 Å². The molecule has 0 radical (unpaired) electrons. The molecule has 1 aromatic rings. The number of methoxy groups -OCH3 is 1. The third-order valence-corrected chi connectivity index (χ3v) is 2.77. The predicted molar refractivity (Wildman–Crippen MR) is 46.3 cm³/mol. The van der Waals surface area contributed by atoms with Gasteiger partial charge >= 0.3 is 0 Å². The van der Waals surface area contributed by atoms with E-state index in [4.69, 9.17) is 4.74 Å². The molecule has 0 spiro atoms. The third-order valence-electron chi connectivity index (χ3n) is 2.77. The molecule has 2 rings (SSSR count). The van der Waals surface area contributed by atoms with Gasteiger partial charge in [-0.05, 0) is 19.3 Å². The van der Waals surface area contributed by atoms with Gasteiger partial charge in [-0.1, -0.05) is 6.92 Å². The smallest absolute Gasteiger partial charge is 0.156 e. The molecular formula is C9H14N2O. The highest BCUT2D eigenvalue weighted by molar-refractivity contribution is 5.14. The van der Waals surface area contributed by atoms with E-state index in [1.807, 2.05) is 10.9 Å². The van der Waals surface area contributed by atoms with E-state index in [0.29, 0.717) is 5.54 Å². The lowest BCUT2D eigenvalue weighted by Gasteiger charge is -2.11. The Morgan fingerprint density at radius 1 is 1.67 bits per heavy atom. The van der Waals surface area contributed by atoms with Crippen LogP contribution < -0.4 is 4.74 Å². The Morgan fingerprint density at radius 3 is 2.83 bits per heavy atom. The predicted octanol–water partition coefficient (Wildman–Crippen LogP) is 1.79. The van der Waals surface area contributed by atoms with Gasteiger partial charge in [-0.3, -0.25) is 4.68 Å². The maximum atomic E-state index is 5.08. The summed E-state index contributed by atoms with van der Waals surface area (Å²) in [5.41, 5.74) is 0.330. The van der Waals surface area contributed by atoms with Crippen molar-refractivity contribution in [1.29, 1.82) is 0 Å². The van der Waals surface area contributed by atoms with Crippen molar-refractivity contribution in [1.82, 2.24) is 9.78 Å². The maximum absolute atomic E-state index is 5.08. The van der Waals surface area contributed by atoms with E-state index in [9.17, 15) is 0 Å². The number of hydrogen-bond donors (Lipinski definition) is 0. The lowest BCUT2D eigenvalue weighted by atomic mass is 10.2. The van der Waals surface area contributed by atoms with E-state index in [2.05, 4.69) is 12.0 Å². The van der Waals surface area contributed by atoms with E-state index < -0.39 is 0 Å². The van der Waals surface area contributed by atoms with E-state index in [1.54, 1.807) is 13.3 Å². The molecule has 1 heterocycles. The van der Waals surface area contributed by atoms with Gasteiger partial charge in [0.2, 0.25) is 0 Å². The minimum atomic E-state index is 0.330. The zero-order valence-electron chi connectivity index (χ0n) is 7.58. The van der Waals surface area contributed by atoms with Crippen molar-refractivity contribution < 1.29 is 4.74 Å². The summed E-state index contributed by atoms with van der Waals surface area (Å²) < 4.78 is 7.13. The molecule has 0 aliphatic heterocycles. The monoisotopic (exact) mass is 166 g/mol. The summed E-state index contributed by atoms with van der Waals surface area (Å²) >= 11 is 0. The molecule has 1 aliphatic carbocycles. The van der Waals surface area contributed by atoms with E-state index in [1.165, 1.54) is 12.8 Å². The van der Waals surface area contributed by atoms with Gasteiger partial charge in [0.05, 0.1) is 25.0 Å². The first-order valence-electron chi connectivity index (χ1n) is 4.40. The van der Waals surface area contributed by atoms with Gasteiger partial charge in [0.1, 0.15) is 0 Å². The molecule has 0 bridgehead atoms. The highest BCUT2D eigenvalue weighted by Gasteiger charge is 2.43. The lowest BCUT2D eigenvalue weighted by molar-refractivity contribution is 0.400. The Morgan fingerprint density at radius 2 is 2.42 bits per heavy atom. The third kappa shape index (κ3) is 1.00. The fourth-order valence-electron chi connectivity index (χ4n) is 1.56. The van der Waals surface area contributed by atoms with Crippen molar-refractivity contribution in [2.75, 3.05) is 7.11 Å². The van der Waals surface area contributed by atoms with Gasteiger partial charge in [-0.15, -0.1) is 0 Å². The molecule has 0 aromatic carbocycles. The molecule has 1 fully saturated rings. The van der Waals surface area contributed by atoms with Gasteiger partial charge in [0, 0.05) is 0 Å². The largest absolute Gasteiger partial charge is 0.493 e. The molecule has 12 heavy (non-hydrogen) atoms. The van der Waals surface area contributed by atoms with Gasteiger partial charge in [0.15, 0.2) is 5.75 Å². The van der Waals surface area contributed by atoms with Crippen LogP contribution in [0.1, 0.15) is 26.2 Å². The molecule has 1 saturated carbocycles. The zero-order valence-corrected chi connectivity index (χ0v) is 7.58. The number of nitrogens with zero attached hydrogens (tertiary/aromatic N) is 2. The Balaban J connectivity index is 2.23. The number of aromatic nitrogens is 2. The van der Waals surface area contributed by atoms with Crippen LogP contribution in [0.2, 0.25) is 0 Å². The van der Waals surface area contributed by atoms with Crippen LogP contribution in [-0.4, -0.2) is 16.9 Å². The van der Waals surface area contributed by atoms with Crippen LogP contribution in [0.25, 0.3) is 0 Å². The molecule has 1 aliphatic rings. The molecule has 0 saturated heterocycles. The number of ether oxygens (including phenoxy) is 1. The minimum absolute atomic E-state index is 0.330. The SMILES string of the molecule is CCC1(n2cc(OC)cn2)CC1. The summed E-state index contributed by atoms with van der Waals surface area (Å²) in [6.07, 6.45) is 7.44. The second-order valence-corrected chi connectivity index (χ2v) is 3.40. The van der Waals surface area contributed by atoms with Crippen molar-refractivity contribution in [3.63, 3.8) is 0 Å². The standard InChI is InChI=1S/C9H14N2O/c1-3-9(4-5-9)11-7-8(12-2)6-10-11/h6-7H,3-5H2,1-2H3. The molecule has 0 amide bonds. The fraction of sp³-hybridized carbons (Fsp3) is 0.667. The van der Waals surface area contributed by atoms with E-state index in [0.717, 1.165) is 12.2 Å². The summed E-state index contributed by atoms with van der Waals surface area (Å²) in [6.45, 7) is 2.21. The lowest BCUT2D eigenvalue weighted by Crippen LogP contribution is -2.15. The van der Waals surface area contributed by atoms with Crippen LogP contribution in [0.15, 0.2) is 12.4 Å². The summed E-state index contributed by atoms with van der Waals surface area (Å²) in [7, 11) is 1.67. The van der Waals surface area contributed by atoms with E-state index >= 15 is 0 Å². The average Bonchev–Trinajstić information content (AvgIpc) is 2.77. The quantitative estimate of drug-likeness (QED) is 0.684. The molecule has 0 atom stereocenters. The first-order valence-corrected chi connectivity index (χ1v) is 4.40. The first-order chi connectivity index (χ1) is 5.80. The van der Waals surface area contributed by atoms with Crippen molar-refractivity contribution in [2.24, 2.45) is 0 Å². The van der Waals surface area contributed by atoms with Gasteiger partial charge in [0.25, 0.3) is 0 Å². The second-order valence-electron chi connectivity index (χ2n) is 3.40. The summed E-state index contributed by atoms with van der Waals surface area (Å²) in [5, 5.41) is 4.28. The van der Waals surface area contributed by atoms with Crippen molar-refractivity contribution in [3.05, 3.63) is 12.4 Å². The molecule has 0 N–H and O–H groups in total. The summed E-state index contributed by atoms with van der Waals surface area (Å²) in [6, 6.07) is 0. The molecular weight excluding hydrogens is 152 g/mol. The number of rotatable bonds is 3. The van der Waals surface area contributed by atoms with Gasteiger partial charge < -0.3 is 4.74 Å². The van der Waals surface area contributed by atoms with Crippen LogP contribution >= 0.6 is 0 Å². The Kier molecular flexibility index (Phi) is 1.60.